The van der Waals surface area contributed by atoms with E-state index in [0.29, 0.717) is 40.5 Å². The largest absolute Gasteiger partial charge is 0.492 e. The van der Waals surface area contributed by atoms with Crippen LogP contribution in [0, 0.1) is 0 Å². The zero-order valence-corrected chi connectivity index (χ0v) is 9.21. The van der Waals surface area contributed by atoms with Gasteiger partial charge in [-0.15, -0.1) is 0 Å². The standard InChI is InChI=1S/C10H9BrO3/c1-2-14-10-8(6-13)3-7(5-12)4-9(10)11/h3-6H,2H2,1H3. The lowest BCUT2D eigenvalue weighted by Crippen LogP contribution is -1.98. The van der Waals surface area contributed by atoms with Crippen molar-refractivity contribution in [1.29, 1.82) is 0 Å². The summed E-state index contributed by atoms with van der Waals surface area (Å²) < 4.78 is 5.88. The second kappa shape index (κ2) is 4.91. The first-order valence-corrected chi connectivity index (χ1v) is 4.89. The lowest BCUT2D eigenvalue weighted by molar-refractivity contribution is 0.111. The molecule has 74 valence electrons. The highest BCUT2D eigenvalue weighted by Gasteiger charge is 2.09. The highest BCUT2D eigenvalue weighted by Crippen LogP contribution is 2.29. The van der Waals surface area contributed by atoms with Crippen LogP contribution < -0.4 is 4.74 Å². The van der Waals surface area contributed by atoms with Crippen molar-refractivity contribution in [2.24, 2.45) is 0 Å². The lowest BCUT2D eigenvalue weighted by Gasteiger charge is -2.08. The number of ether oxygens (including phenoxy) is 1. The molecule has 0 saturated carbocycles. The molecule has 0 atom stereocenters. The average Bonchev–Trinajstić information content (AvgIpc) is 2.20. The minimum atomic E-state index is 0.378. The fourth-order valence-corrected chi connectivity index (χ4v) is 1.70. The molecule has 0 radical (unpaired) electrons. The number of carbonyl (C=O) groups is 2. The normalized spacial score (nSPS) is 9.57. The third-order valence-electron chi connectivity index (χ3n) is 1.65. The quantitative estimate of drug-likeness (QED) is 0.778. The maximum atomic E-state index is 10.7. The molecule has 0 unspecified atom stereocenters. The van der Waals surface area contributed by atoms with Crippen LogP contribution in [-0.2, 0) is 0 Å². The minimum Gasteiger partial charge on any atom is -0.492 e. The van der Waals surface area contributed by atoms with Crippen LogP contribution in [0.2, 0.25) is 0 Å². The first kappa shape index (κ1) is 10.9. The van der Waals surface area contributed by atoms with Crippen LogP contribution in [0.15, 0.2) is 16.6 Å². The van der Waals surface area contributed by atoms with Crippen LogP contribution in [0.25, 0.3) is 0 Å². The molecule has 0 spiro atoms. The number of benzene rings is 1. The third-order valence-corrected chi connectivity index (χ3v) is 2.24. The summed E-state index contributed by atoms with van der Waals surface area (Å²) in [7, 11) is 0. The number of rotatable bonds is 4. The van der Waals surface area contributed by atoms with E-state index in [2.05, 4.69) is 15.9 Å². The fourth-order valence-electron chi connectivity index (χ4n) is 1.09. The van der Waals surface area contributed by atoms with Gasteiger partial charge < -0.3 is 4.74 Å². The maximum absolute atomic E-state index is 10.7. The predicted molar refractivity (Wildman–Crippen MR) is 56.1 cm³/mol. The van der Waals surface area contributed by atoms with Crippen LogP contribution in [0.3, 0.4) is 0 Å². The molecule has 0 aliphatic carbocycles. The highest BCUT2D eigenvalue weighted by atomic mass is 79.9. The Balaban J connectivity index is 3.26. The zero-order chi connectivity index (χ0) is 10.6. The molecule has 1 aromatic rings. The van der Waals surface area contributed by atoms with Gasteiger partial charge in [0.05, 0.1) is 16.6 Å². The molecular formula is C10H9BrO3. The molecule has 0 N–H and O–H groups in total. The van der Waals surface area contributed by atoms with E-state index >= 15 is 0 Å². The van der Waals surface area contributed by atoms with E-state index in [0.717, 1.165) is 0 Å². The molecule has 0 saturated heterocycles. The molecule has 4 heteroatoms. The van der Waals surface area contributed by atoms with E-state index in [4.69, 9.17) is 4.74 Å². The van der Waals surface area contributed by atoms with E-state index in [9.17, 15) is 9.59 Å². The van der Waals surface area contributed by atoms with Crippen LogP contribution in [0.5, 0.6) is 5.75 Å². The van der Waals surface area contributed by atoms with Gasteiger partial charge in [-0.05, 0) is 35.0 Å². The summed E-state index contributed by atoms with van der Waals surface area (Å²) in [4.78, 5) is 21.2. The van der Waals surface area contributed by atoms with Gasteiger partial charge in [0.15, 0.2) is 6.29 Å². The summed E-state index contributed by atoms with van der Waals surface area (Å²) in [5, 5.41) is 0. The smallest absolute Gasteiger partial charge is 0.153 e. The number of carbonyl (C=O) groups excluding carboxylic acids is 2. The van der Waals surface area contributed by atoms with Gasteiger partial charge in [0.25, 0.3) is 0 Å². The highest BCUT2D eigenvalue weighted by molar-refractivity contribution is 9.10. The Labute approximate surface area is 90.2 Å². The Morgan fingerprint density at radius 1 is 1.36 bits per heavy atom. The molecule has 3 nitrogen and oxygen atoms in total. The predicted octanol–water partition coefficient (Wildman–Crippen LogP) is 2.47. The van der Waals surface area contributed by atoms with Gasteiger partial charge in [-0.25, -0.2) is 0 Å². The van der Waals surface area contributed by atoms with Gasteiger partial charge in [-0.2, -0.15) is 0 Å². The zero-order valence-electron chi connectivity index (χ0n) is 7.62. The SMILES string of the molecule is CCOc1c(Br)cc(C=O)cc1C=O. The van der Waals surface area contributed by atoms with Crippen molar-refractivity contribution in [3.05, 3.63) is 27.7 Å². The van der Waals surface area contributed by atoms with Crippen LogP contribution >= 0.6 is 15.9 Å². The summed E-state index contributed by atoms with van der Waals surface area (Å²) in [5.41, 5.74) is 0.825. The van der Waals surface area contributed by atoms with Crippen molar-refractivity contribution in [2.45, 2.75) is 6.92 Å². The molecular weight excluding hydrogens is 248 g/mol. The van der Waals surface area contributed by atoms with E-state index in [-0.39, 0.29) is 0 Å². The summed E-state index contributed by atoms with van der Waals surface area (Å²) in [6.45, 7) is 2.30. The number of hydrogen-bond acceptors (Lipinski definition) is 3. The van der Waals surface area contributed by atoms with E-state index in [1.54, 1.807) is 6.07 Å². The molecule has 0 aromatic heterocycles. The number of halogens is 1. The Kier molecular flexibility index (Phi) is 3.83. The number of hydrogen-bond donors (Lipinski definition) is 0. The average molecular weight is 257 g/mol. The molecule has 0 amide bonds. The molecule has 0 bridgehead atoms. The Morgan fingerprint density at radius 2 is 2.07 bits per heavy atom. The minimum absolute atomic E-state index is 0.378. The van der Waals surface area contributed by atoms with Gasteiger partial charge in [-0.1, -0.05) is 0 Å². The molecule has 0 heterocycles. The first-order chi connectivity index (χ1) is 6.72. The van der Waals surface area contributed by atoms with Crippen molar-refractivity contribution in [3.63, 3.8) is 0 Å². The van der Waals surface area contributed by atoms with Crippen molar-refractivity contribution >= 4 is 28.5 Å². The van der Waals surface area contributed by atoms with Crippen molar-refractivity contribution in [1.82, 2.24) is 0 Å². The molecule has 1 rings (SSSR count). The summed E-state index contributed by atoms with van der Waals surface area (Å²) in [5.74, 6) is 0.480. The summed E-state index contributed by atoms with van der Waals surface area (Å²) in [6, 6.07) is 3.11. The summed E-state index contributed by atoms with van der Waals surface area (Å²) in [6.07, 6.45) is 1.36. The number of aldehydes is 2. The van der Waals surface area contributed by atoms with Crippen molar-refractivity contribution in [2.75, 3.05) is 6.61 Å². The second-order valence-corrected chi connectivity index (χ2v) is 3.44. The van der Waals surface area contributed by atoms with Crippen molar-refractivity contribution in [3.8, 4) is 5.75 Å². The second-order valence-electron chi connectivity index (χ2n) is 2.59. The fraction of sp³-hybridized carbons (Fsp3) is 0.200. The molecule has 0 fully saturated rings. The first-order valence-electron chi connectivity index (χ1n) is 4.09. The van der Waals surface area contributed by atoms with Gasteiger partial charge in [0.1, 0.15) is 12.0 Å². The van der Waals surface area contributed by atoms with Gasteiger partial charge in [0, 0.05) is 5.56 Å². The van der Waals surface area contributed by atoms with E-state index in [1.807, 2.05) is 6.92 Å². The Morgan fingerprint density at radius 3 is 2.57 bits per heavy atom. The van der Waals surface area contributed by atoms with E-state index in [1.165, 1.54) is 6.07 Å². The molecule has 1 aromatic carbocycles. The third kappa shape index (κ3) is 2.20. The maximum Gasteiger partial charge on any atom is 0.153 e. The topological polar surface area (TPSA) is 43.4 Å². The Hall–Kier alpha value is -1.16. The summed E-state index contributed by atoms with van der Waals surface area (Å²) >= 11 is 3.24. The van der Waals surface area contributed by atoms with Crippen molar-refractivity contribution < 1.29 is 14.3 Å². The van der Waals surface area contributed by atoms with Crippen LogP contribution in [0.4, 0.5) is 0 Å². The van der Waals surface area contributed by atoms with Gasteiger partial charge in [-0.3, -0.25) is 9.59 Å². The molecule has 0 aliphatic heterocycles. The lowest BCUT2D eigenvalue weighted by atomic mass is 10.1. The van der Waals surface area contributed by atoms with E-state index < -0.39 is 0 Å². The van der Waals surface area contributed by atoms with Crippen LogP contribution in [0.1, 0.15) is 27.6 Å². The Bertz CT molecular complexity index is 361. The monoisotopic (exact) mass is 256 g/mol. The molecule has 14 heavy (non-hydrogen) atoms. The van der Waals surface area contributed by atoms with Gasteiger partial charge >= 0.3 is 0 Å². The van der Waals surface area contributed by atoms with Gasteiger partial charge in [0.2, 0.25) is 0 Å². The van der Waals surface area contributed by atoms with Crippen LogP contribution in [-0.4, -0.2) is 19.2 Å². The molecule has 0 aliphatic rings.